The van der Waals surface area contributed by atoms with E-state index in [0.717, 1.165) is 0 Å². The fourth-order valence-electron chi connectivity index (χ4n) is 0.631. The minimum atomic E-state index is -0.137. The summed E-state index contributed by atoms with van der Waals surface area (Å²) in [6.07, 6.45) is 2.42. The number of carbonyl (C=O) groups excluding carboxylic acids is 1. The van der Waals surface area contributed by atoms with Crippen LogP contribution in [0.5, 0.6) is 0 Å². The lowest BCUT2D eigenvalue weighted by Crippen LogP contribution is -2.11. The Bertz CT molecular complexity index is 123. The van der Waals surface area contributed by atoms with Crippen molar-refractivity contribution in [1.82, 2.24) is 0 Å². The number of hydrogen-bond acceptors (Lipinski definition) is 2. The molecule has 56 valence electrons. The van der Waals surface area contributed by atoms with Crippen molar-refractivity contribution in [2.45, 2.75) is 19.2 Å². The lowest BCUT2D eigenvalue weighted by molar-refractivity contribution is -0.142. The van der Waals surface area contributed by atoms with Crippen molar-refractivity contribution in [2.75, 3.05) is 6.61 Å². The van der Waals surface area contributed by atoms with Crippen molar-refractivity contribution in [3.05, 3.63) is 12.7 Å². The van der Waals surface area contributed by atoms with Gasteiger partial charge in [0.15, 0.2) is 0 Å². The molecule has 0 saturated carbocycles. The molecule has 1 atom stereocenters. The van der Waals surface area contributed by atoms with Crippen LogP contribution in [-0.2, 0) is 9.53 Å². The molecule has 0 aliphatic carbocycles. The number of rotatable bonds is 4. The van der Waals surface area contributed by atoms with Gasteiger partial charge in [-0.15, -0.1) is 6.58 Å². The molecule has 0 radical (unpaired) electrons. The van der Waals surface area contributed by atoms with Crippen LogP contribution in [-0.4, -0.2) is 20.4 Å². The Morgan fingerprint density at radius 2 is 2.50 bits per heavy atom. The zero-order valence-corrected chi connectivity index (χ0v) is 6.59. The minimum Gasteiger partial charge on any atom is -0.466 e. The third-order valence-corrected chi connectivity index (χ3v) is 1.21. The average Bonchev–Trinajstić information content (AvgIpc) is 1.89. The van der Waals surface area contributed by atoms with E-state index < -0.39 is 0 Å². The predicted molar refractivity (Wildman–Crippen MR) is 43.7 cm³/mol. The van der Waals surface area contributed by atoms with Gasteiger partial charge in [0.1, 0.15) is 7.85 Å². The summed E-state index contributed by atoms with van der Waals surface area (Å²) in [5.74, 6) is -0.181. The summed E-state index contributed by atoms with van der Waals surface area (Å²) in [6, 6.07) is 0. The molecule has 0 aromatic rings. The maximum absolute atomic E-state index is 10.9. The van der Waals surface area contributed by atoms with Gasteiger partial charge < -0.3 is 4.74 Å². The van der Waals surface area contributed by atoms with Crippen LogP contribution in [0.15, 0.2) is 12.7 Å². The number of hydrogen-bond donors (Lipinski definition) is 0. The molecule has 0 aromatic heterocycles. The molecule has 0 saturated heterocycles. The predicted octanol–water partition coefficient (Wildman–Crippen LogP) is 0.547. The van der Waals surface area contributed by atoms with Crippen molar-refractivity contribution in [3.8, 4) is 0 Å². The Hall–Kier alpha value is -0.725. The number of esters is 1. The first-order valence-corrected chi connectivity index (χ1v) is 3.49. The van der Waals surface area contributed by atoms with Crippen molar-refractivity contribution >= 4 is 13.8 Å². The molecule has 0 rings (SSSR count). The Balaban J connectivity index is 3.58. The summed E-state index contributed by atoms with van der Waals surface area (Å²) < 4.78 is 4.77. The van der Waals surface area contributed by atoms with E-state index in [1.165, 1.54) is 0 Å². The highest BCUT2D eigenvalue weighted by molar-refractivity contribution is 6.22. The summed E-state index contributed by atoms with van der Waals surface area (Å²) in [5.41, 5.74) is 0. The molecule has 0 N–H and O–H groups in total. The first kappa shape index (κ1) is 9.27. The van der Waals surface area contributed by atoms with Crippen LogP contribution in [0.1, 0.15) is 13.3 Å². The zero-order valence-electron chi connectivity index (χ0n) is 6.59. The molecular formula is C7H13BO2. The van der Waals surface area contributed by atoms with Gasteiger partial charge in [-0.25, -0.2) is 0 Å². The molecule has 0 fully saturated rings. The van der Waals surface area contributed by atoms with Gasteiger partial charge in [-0.2, -0.15) is 0 Å². The van der Waals surface area contributed by atoms with E-state index >= 15 is 0 Å². The van der Waals surface area contributed by atoms with Crippen molar-refractivity contribution < 1.29 is 9.53 Å². The molecule has 0 bridgehead atoms. The van der Waals surface area contributed by atoms with Gasteiger partial charge in [0.25, 0.3) is 0 Å². The quantitative estimate of drug-likeness (QED) is 0.323. The largest absolute Gasteiger partial charge is 0.466 e. The van der Waals surface area contributed by atoms with Crippen molar-refractivity contribution in [3.63, 3.8) is 0 Å². The van der Waals surface area contributed by atoms with Crippen LogP contribution in [0.25, 0.3) is 0 Å². The van der Waals surface area contributed by atoms with Crippen LogP contribution in [0, 0.1) is 0 Å². The van der Waals surface area contributed by atoms with E-state index in [0.29, 0.717) is 13.0 Å². The molecule has 1 unspecified atom stereocenters. The third kappa shape index (κ3) is 3.33. The number of allylic oxidation sites excluding steroid dienone is 1. The van der Waals surface area contributed by atoms with Gasteiger partial charge in [0.05, 0.1) is 6.61 Å². The van der Waals surface area contributed by atoms with Gasteiger partial charge in [-0.1, -0.05) is 6.08 Å². The molecule has 0 aliphatic heterocycles. The minimum absolute atomic E-state index is 0.0440. The molecule has 10 heavy (non-hydrogen) atoms. The van der Waals surface area contributed by atoms with Crippen LogP contribution in [0.4, 0.5) is 0 Å². The lowest BCUT2D eigenvalue weighted by atomic mass is 9.85. The van der Waals surface area contributed by atoms with Gasteiger partial charge in [0, 0.05) is 5.82 Å². The van der Waals surface area contributed by atoms with E-state index in [9.17, 15) is 4.79 Å². The normalized spacial score (nSPS) is 12.1. The van der Waals surface area contributed by atoms with Gasteiger partial charge in [0.2, 0.25) is 0 Å². The fourth-order valence-corrected chi connectivity index (χ4v) is 0.631. The van der Waals surface area contributed by atoms with Gasteiger partial charge in [-0.05, 0) is 13.3 Å². The van der Waals surface area contributed by atoms with E-state index in [2.05, 4.69) is 6.58 Å². The van der Waals surface area contributed by atoms with Gasteiger partial charge >= 0.3 is 5.97 Å². The maximum Gasteiger partial charge on any atom is 0.301 e. The van der Waals surface area contributed by atoms with Crippen LogP contribution in [0.2, 0.25) is 5.82 Å². The van der Waals surface area contributed by atoms with Crippen molar-refractivity contribution in [2.24, 2.45) is 0 Å². The highest BCUT2D eigenvalue weighted by atomic mass is 16.5. The van der Waals surface area contributed by atoms with E-state index in [1.807, 2.05) is 7.85 Å². The summed E-state index contributed by atoms with van der Waals surface area (Å²) in [6.45, 7) is 5.80. The fraction of sp³-hybridized carbons (Fsp3) is 0.571. The molecule has 0 aliphatic rings. The van der Waals surface area contributed by atoms with Crippen LogP contribution < -0.4 is 0 Å². The molecule has 3 heteroatoms. The van der Waals surface area contributed by atoms with Gasteiger partial charge in [-0.3, -0.25) is 4.79 Å². The molecule has 0 heterocycles. The summed E-state index contributed by atoms with van der Waals surface area (Å²) >= 11 is 0. The van der Waals surface area contributed by atoms with Crippen LogP contribution in [0.3, 0.4) is 0 Å². The maximum atomic E-state index is 10.9. The Labute approximate surface area is 62.7 Å². The first-order chi connectivity index (χ1) is 4.72. The molecular weight excluding hydrogens is 127 g/mol. The zero-order chi connectivity index (χ0) is 7.98. The van der Waals surface area contributed by atoms with Crippen molar-refractivity contribution in [1.29, 1.82) is 0 Å². The third-order valence-electron chi connectivity index (χ3n) is 1.21. The number of carbonyl (C=O) groups is 1. The Kier molecular flexibility index (Phi) is 4.72. The summed E-state index contributed by atoms with van der Waals surface area (Å²) in [5, 5.41) is 0. The monoisotopic (exact) mass is 140 g/mol. The second-order valence-corrected chi connectivity index (χ2v) is 2.18. The highest BCUT2D eigenvalue weighted by Gasteiger charge is 2.10. The SMILES string of the molecule is BC(CC=C)C(=O)OCC. The molecule has 0 amide bonds. The van der Waals surface area contributed by atoms with E-state index in [1.54, 1.807) is 13.0 Å². The molecule has 0 aromatic carbocycles. The smallest absolute Gasteiger partial charge is 0.301 e. The number of ether oxygens (including phenoxy) is 1. The Morgan fingerprint density at radius 1 is 1.90 bits per heavy atom. The van der Waals surface area contributed by atoms with E-state index in [-0.39, 0.29) is 11.8 Å². The van der Waals surface area contributed by atoms with Crippen LogP contribution >= 0.6 is 0 Å². The topological polar surface area (TPSA) is 26.3 Å². The Morgan fingerprint density at radius 3 is 2.90 bits per heavy atom. The van der Waals surface area contributed by atoms with E-state index in [4.69, 9.17) is 4.74 Å². The average molecular weight is 140 g/mol. The first-order valence-electron chi connectivity index (χ1n) is 3.49. The molecule has 2 nitrogen and oxygen atoms in total. The second-order valence-electron chi connectivity index (χ2n) is 2.18. The lowest BCUT2D eigenvalue weighted by Gasteiger charge is -2.06. The molecule has 0 spiro atoms. The summed E-state index contributed by atoms with van der Waals surface area (Å²) in [7, 11) is 1.83. The summed E-state index contributed by atoms with van der Waals surface area (Å²) in [4.78, 5) is 10.9. The standard InChI is InChI=1S/C7H13BO2/c1-3-5-6(8)7(9)10-4-2/h3,6H,1,4-5,8H2,2H3. The highest BCUT2D eigenvalue weighted by Crippen LogP contribution is 2.07. The second kappa shape index (κ2) is 5.09.